The first-order valence-electron chi connectivity index (χ1n) is 10.8. The van der Waals surface area contributed by atoms with E-state index in [9.17, 15) is 9.18 Å². The van der Waals surface area contributed by atoms with Crippen molar-refractivity contribution in [3.63, 3.8) is 0 Å². The SMILES string of the molecule is Cc1cc(-c2noc(CCC(=O)Nc3ccc(N4CCc5sccc5C4)cc3)n2)ccc1F. The number of nitrogens with one attached hydrogen (secondary N) is 1. The largest absolute Gasteiger partial charge is 0.367 e. The minimum atomic E-state index is -0.278. The predicted molar refractivity (Wildman–Crippen MR) is 127 cm³/mol. The molecule has 2 aromatic heterocycles. The number of hydrogen-bond acceptors (Lipinski definition) is 6. The van der Waals surface area contributed by atoms with Crippen molar-refractivity contribution in [3.8, 4) is 11.4 Å². The lowest BCUT2D eigenvalue weighted by molar-refractivity contribution is -0.116. The van der Waals surface area contributed by atoms with Crippen molar-refractivity contribution in [2.45, 2.75) is 32.7 Å². The van der Waals surface area contributed by atoms with Crippen LogP contribution in [0, 0.1) is 12.7 Å². The van der Waals surface area contributed by atoms with Crippen molar-refractivity contribution >= 4 is 28.6 Å². The van der Waals surface area contributed by atoms with E-state index in [2.05, 4.69) is 31.8 Å². The summed E-state index contributed by atoms with van der Waals surface area (Å²) in [6, 6.07) is 14.8. The van der Waals surface area contributed by atoms with Gasteiger partial charge in [-0.05, 0) is 78.4 Å². The Morgan fingerprint density at radius 3 is 2.88 bits per heavy atom. The number of fused-ring (bicyclic) bond motifs is 1. The number of carbonyl (C=O) groups is 1. The van der Waals surface area contributed by atoms with Crippen molar-refractivity contribution < 1.29 is 13.7 Å². The van der Waals surface area contributed by atoms with Gasteiger partial charge in [0.05, 0.1) is 0 Å². The second-order valence-electron chi connectivity index (χ2n) is 8.11. The third-order valence-electron chi connectivity index (χ3n) is 5.77. The van der Waals surface area contributed by atoms with Crippen molar-refractivity contribution in [1.29, 1.82) is 0 Å². The molecule has 0 saturated carbocycles. The summed E-state index contributed by atoms with van der Waals surface area (Å²) in [6.07, 6.45) is 1.62. The zero-order valence-electron chi connectivity index (χ0n) is 18.2. The average Bonchev–Trinajstić information content (AvgIpc) is 3.49. The smallest absolute Gasteiger partial charge is 0.227 e. The fourth-order valence-electron chi connectivity index (χ4n) is 3.93. The molecular weight excluding hydrogens is 439 g/mol. The topological polar surface area (TPSA) is 71.3 Å². The molecule has 0 unspecified atom stereocenters. The van der Waals surface area contributed by atoms with E-state index in [1.807, 2.05) is 35.6 Å². The zero-order chi connectivity index (χ0) is 22.8. The normalized spacial score (nSPS) is 13.1. The van der Waals surface area contributed by atoms with Crippen LogP contribution in [0.1, 0.15) is 28.3 Å². The van der Waals surface area contributed by atoms with E-state index in [1.165, 1.54) is 16.5 Å². The summed E-state index contributed by atoms with van der Waals surface area (Å²) in [6.45, 7) is 3.61. The van der Waals surface area contributed by atoms with Gasteiger partial charge in [-0.25, -0.2) is 4.39 Å². The molecule has 0 radical (unpaired) electrons. The molecular formula is C25H23FN4O2S. The summed E-state index contributed by atoms with van der Waals surface area (Å²) >= 11 is 1.83. The molecule has 0 spiro atoms. The van der Waals surface area contributed by atoms with Crippen LogP contribution in [0.4, 0.5) is 15.8 Å². The van der Waals surface area contributed by atoms with Gasteiger partial charge in [0.1, 0.15) is 5.82 Å². The minimum absolute atomic E-state index is 0.124. The van der Waals surface area contributed by atoms with Gasteiger partial charge in [0, 0.05) is 47.7 Å². The van der Waals surface area contributed by atoms with Gasteiger partial charge in [0.15, 0.2) is 0 Å². The maximum atomic E-state index is 13.5. The Balaban J connectivity index is 1.14. The molecule has 33 heavy (non-hydrogen) atoms. The number of benzene rings is 2. The monoisotopic (exact) mass is 462 g/mol. The van der Waals surface area contributed by atoms with Gasteiger partial charge >= 0.3 is 0 Å². The molecule has 5 rings (SSSR count). The summed E-state index contributed by atoms with van der Waals surface area (Å²) in [5, 5.41) is 9.02. The van der Waals surface area contributed by atoms with Gasteiger partial charge < -0.3 is 14.7 Å². The fraction of sp³-hybridized carbons (Fsp3) is 0.240. The van der Waals surface area contributed by atoms with E-state index in [0.717, 1.165) is 30.9 Å². The molecule has 0 saturated heterocycles. The summed E-state index contributed by atoms with van der Waals surface area (Å²) in [7, 11) is 0. The second-order valence-corrected chi connectivity index (χ2v) is 9.11. The maximum absolute atomic E-state index is 13.5. The maximum Gasteiger partial charge on any atom is 0.227 e. The number of aryl methyl sites for hydroxylation is 2. The first-order valence-corrected chi connectivity index (χ1v) is 11.7. The molecule has 6 nitrogen and oxygen atoms in total. The van der Waals surface area contributed by atoms with Gasteiger partial charge in [-0.3, -0.25) is 4.79 Å². The number of halogens is 1. The third-order valence-corrected chi connectivity index (χ3v) is 6.80. The Morgan fingerprint density at radius 2 is 2.06 bits per heavy atom. The summed E-state index contributed by atoms with van der Waals surface area (Å²) in [5.41, 5.74) is 4.50. The molecule has 0 atom stereocenters. The third kappa shape index (κ3) is 4.80. The van der Waals surface area contributed by atoms with E-state index in [4.69, 9.17) is 4.52 Å². The number of amides is 1. The van der Waals surface area contributed by atoms with Crippen molar-refractivity contribution in [2.75, 3.05) is 16.8 Å². The molecule has 1 amide bonds. The van der Waals surface area contributed by atoms with Crippen LogP contribution >= 0.6 is 11.3 Å². The summed E-state index contributed by atoms with van der Waals surface area (Å²) in [4.78, 5) is 20.5. The molecule has 0 aliphatic carbocycles. The van der Waals surface area contributed by atoms with Gasteiger partial charge in [-0.1, -0.05) is 5.16 Å². The van der Waals surface area contributed by atoms with E-state index in [-0.39, 0.29) is 18.1 Å². The standard InChI is InChI=1S/C25H23FN4O2S/c1-16-14-17(2-7-21(16)26)25-28-24(32-29-25)9-8-23(31)27-19-3-5-20(6-4-19)30-12-10-22-18(15-30)11-13-33-22/h2-7,11,13-14H,8-10,12,15H2,1H3,(H,27,31). The Bertz CT molecular complexity index is 1280. The van der Waals surface area contributed by atoms with Crippen LogP contribution in [0.25, 0.3) is 11.4 Å². The number of nitrogens with zero attached hydrogens (tertiary/aromatic N) is 3. The first kappa shape index (κ1) is 21.3. The van der Waals surface area contributed by atoms with Gasteiger partial charge in [0.2, 0.25) is 17.6 Å². The number of thiophene rings is 1. The fourth-order valence-corrected chi connectivity index (χ4v) is 4.82. The van der Waals surface area contributed by atoms with Crippen LogP contribution < -0.4 is 10.2 Å². The highest BCUT2D eigenvalue weighted by atomic mass is 32.1. The van der Waals surface area contributed by atoms with Gasteiger partial charge in [0.25, 0.3) is 0 Å². The van der Waals surface area contributed by atoms with Crippen LogP contribution in [0.3, 0.4) is 0 Å². The molecule has 3 heterocycles. The highest BCUT2D eigenvalue weighted by Gasteiger charge is 2.17. The lowest BCUT2D eigenvalue weighted by Gasteiger charge is -2.29. The second kappa shape index (κ2) is 9.15. The minimum Gasteiger partial charge on any atom is -0.367 e. The number of anilines is 2. The predicted octanol–water partition coefficient (Wildman–Crippen LogP) is 5.38. The van der Waals surface area contributed by atoms with E-state index < -0.39 is 0 Å². The average molecular weight is 463 g/mol. The Hall–Kier alpha value is -3.52. The first-order chi connectivity index (χ1) is 16.0. The summed E-state index contributed by atoms with van der Waals surface area (Å²) in [5.74, 6) is 0.354. The lowest BCUT2D eigenvalue weighted by Crippen LogP contribution is -2.29. The van der Waals surface area contributed by atoms with Crippen LogP contribution in [-0.4, -0.2) is 22.6 Å². The van der Waals surface area contributed by atoms with Crippen molar-refractivity contribution in [2.24, 2.45) is 0 Å². The number of aromatic nitrogens is 2. The molecule has 1 aliphatic heterocycles. The van der Waals surface area contributed by atoms with Crippen LogP contribution in [0.5, 0.6) is 0 Å². The molecule has 2 aromatic carbocycles. The van der Waals surface area contributed by atoms with Crippen molar-refractivity contribution in [1.82, 2.24) is 10.1 Å². The number of hydrogen-bond donors (Lipinski definition) is 1. The molecule has 0 bridgehead atoms. The van der Waals surface area contributed by atoms with Crippen LogP contribution in [0.2, 0.25) is 0 Å². The zero-order valence-corrected chi connectivity index (χ0v) is 19.0. The lowest BCUT2D eigenvalue weighted by atomic mass is 10.1. The molecule has 1 aliphatic rings. The highest BCUT2D eigenvalue weighted by Crippen LogP contribution is 2.28. The Morgan fingerprint density at radius 1 is 1.21 bits per heavy atom. The molecule has 0 fully saturated rings. The summed E-state index contributed by atoms with van der Waals surface area (Å²) < 4.78 is 18.7. The van der Waals surface area contributed by atoms with E-state index in [0.29, 0.717) is 29.3 Å². The number of rotatable bonds is 6. The molecule has 8 heteroatoms. The molecule has 1 N–H and O–H groups in total. The number of carbonyl (C=O) groups excluding carboxylic acids is 1. The van der Waals surface area contributed by atoms with Gasteiger partial charge in [-0.15, -0.1) is 11.3 Å². The van der Waals surface area contributed by atoms with E-state index >= 15 is 0 Å². The van der Waals surface area contributed by atoms with Crippen LogP contribution in [0.15, 0.2) is 58.4 Å². The van der Waals surface area contributed by atoms with Crippen molar-refractivity contribution in [3.05, 3.63) is 81.6 Å². The van der Waals surface area contributed by atoms with Crippen LogP contribution in [-0.2, 0) is 24.2 Å². The molecule has 4 aromatic rings. The molecule has 168 valence electrons. The highest BCUT2D eigenvalue weighted by molar-refractivity contribution is 7.10. The Kier molecular flexibility index (Phi) is 5.92. The quantitative estimate of drug-likeness (QED) is 0.417. The van der Waals surface area contributed by atoms with E-state index in [1.54, 1.807) is 19.1 Å². The van der Waals surface area contributed by atoms with Gasteiger partial charge in [-0.2, -0.15) is 4.98 Å². The Labute approximate surface area is 195 Å².